The van der Waals surface area contributed by atoms with Crippen LogP contribution in [-0.2, 0) is 22.7 Å². The van der Waals surface area contributed by atoms with E-state index < -0.39 is 10.1 Å². The van der Waals surface area contributed by atoms with Crippen LogP contribution in [0.3, 0.4) is 0 Å². The fourth-order valence-electron chi connectivity index (χ4n) is 4.86. The minimum absolute atomic E-state index is 0.223. The Morgan fingerprint density at radius 2 is 0.902 bits per heavy atom. The number of aryl methyl sites for hydroxylation is 2. The standard InChI is InChI=1S/C34H40N2O3S2/c1-27-7-15-31(16-8-27)35(23-3-5-25-40)33-19-11-29(12-20-33)30-13-21-34(22-14-30)36(24-4-6-26-41(37,38)39)32-17-9-28(2)10-18-32/h7-22,40H,3-6,23-26H2,1-2H3,(H,37,38,39)/p-1. The summed E-state index contributed by atoms with van der Waals surface area (Å²) in [5.74, 6) is 0.557. The average molecular weight is 588 g/mol. The molecule has 0 unspecified atom stereocenters. The summed E-state index contributed by atoms with van der Waals surface area (Å²) >= 11 is 5.17. The summed E-state index contributed by atoms with van der Waals surface area (Å²) in [4.78, 5) is 4.55. The number of hydrogen-bond acceptors (Lipinski definition) is 5. The summed E-state index contributed by atoms with van der Waals surface area (Å²) in [7, 11) is -3.95. The number of hydrogen-bond donors (Lipinski definition) is 1. The van der Waals surface area contributed by atoms with E-state index in [0.717, 1.165) is 53.3 Å². The summed E-state index contributed by atoms with van der Waals surface area (Å²) in [6.45, 7) is 5.73. The number of anilines is 4. The van der Waals surface area contributed by atoms with E-state index in [1.54, 1.807) is 0 Å². The Hall–Kier alpha value is -3.26. The van der Waals surface area contributed by atoms with Crippen LogP contribution in [0.25, 0.3) is 11.1 Å². The van der Waals surface area contributed by atoms with E-state index in [4.69, 9.17) is 17.2 Å². The summed E-state index contributed by atoms with van der Waals surface area (Å²) in [6, 6.07) is 34.2. The summed E-state index contributed by atoms with van der Waals surface area (Å²) in [5.41, 5.74) is 9.13. The van der Waals surface area contributed by atoms with Crippen LogP contribution in [0, 0.1) is 13.8 Å². The second-order valence-corrected chi connectivity index (χ2v) is 12.5. The Labute approximate surface area is 251 Å². The third-order valence-electron chi connectivity index (χ3n) is 7.19. The highest BCUT2D eigenvalue weighted by Gasteiger charge is 2.13. The first-order valence-corrected chi connectivity index (χ1v) is 16.3. The Bertz CT molecular complexity index is 1470. The van der Waals surface area contributed by atoms with Crippen LogP contribution in [-0.4, -0.2) is 37.6 Å². The van der Waals surface area contributed by atoms with Crippen LogP contribution >= 0.6 is 0 Å². The fourth-order valence-corrected chi connectivity index (χ4v) is 5.63. The molecule has 0 saturated heterocycles. The molecule has 4 aromatic rings. The highest BCUT2D eigenvalue weighted by Crippen LogP contribution is 2.32. The van der Waals surface area contributed by atoms with Crippen molar-refractivity contribution in [3.8, 4) is 11.1 Å². The van der Waals surface area contributed by atoms with E-state index >= 15 is 0 Å². The molecule has 0 aliphatic carbocycles. The molecule has 0 radical (unpaired) electrons. The van der Waals surface area contributed by atoms with Gasteiger partial charge >= 0.3 is 0 Å². The van der Waals surface area contributed by atoms with Crippen molar-refractivity contribution in [2.24, 2.45) is 0 Å². The lowest BCUT2D eigenvalue weighted by atomic mass is 10.0. The van der Waals surface area contributed by atoms with Gasteiger partial charge in [-0.25, -0.2) is 0 Å². The van der Waals surface area contributed by atoms with Crippen molar-refractivity contribution in [3.63, 3.8) is 0 Å². The van der Waals surface area contributed by atoms with Crippen molar-refractivity contribution >= 4 is 45.5 Å². The molecule has 4 aromatic carbocycles. The lowest BCUT2D eigenvalue weighted by Gasteiger charge is -2.26. The number of benzene rings is 4. The molecular formula is C34H39N2O3S2-. The van der Waals surface area contributed by atoms with E-state index in [2.05, 4.69) is 121 Å². The Morgan fingerprint density at radius 1 is 0.561 bits per heavy atom. The molecule has 7 heteroatoms. The first-order chi connectivity index (χ1) is 19.7. The lowest BCUT2D eigenvalue weighted by Crippen LogP contribution is -2.19. The molecule has 0 saturated carbocycles. The van der Waals surface area contributed by atoms with Gasteiger partial charge in [0.2, 0.25) is 0 Å². The zero-order valence-electron chi connectivity index (χ0n) is 23.9. The molecule has 5 nitrogen and oxygen atoms in total. The average Bonchev–Trinajstić information content (AvgIpc) is 2.97. The van der Waals surface area contributed by atoms with E-state index in [1.165, 1.54) is 16.8 Å². The maximum absolute atomic E-state index is 11.2. The topological polar surface area (TPSA) is 60.9 Å². The lowest BCUT2D eigenvalue weighted by molar-refractivity contribution is 0.480. The molecule has 0 aliphatic rings. The maximum atomic E-state index is 11.2. The highest BCUT2D eigenvalue weighted by atomic mass is 32.2. The fraction of sp³-hybridized carbons (Fsp3) is 0.294. The molecule has 4 rings (SSSR count). The largest absolute Gasteiger partial charge is 0.793 e. The molecule has 216 valence electrons. The van der Waals surface area contributed by atoms with Crippen molar-refractivity contribution in [1.82, 2.24) is 0 Å². The van der Waals surface area contributed by atoms with Crippen LogP contribution in [0.1, 0.15) is 36.8 Å². The molecule has 0 fully saturated rings. The summed E-state index contributed by atoms with van der Waals surface area (Å²) < 4.78 is 31.4. The maximum Gasteiger partial charge on any atom is 0.264 e. The highest BCUT2D eigenvalue weighted by molar-refractivity contribution is 7.85. The van der Waals surface area contributed by atoms with Crippen LogP contribution < -0.4 is 9.80 Å². The first-order valence-electron chi connectivity index (χ1n) is 14.2. The van der Waals surface area contributed by atoms with Crippen molar-refractivity contribution in [1.29, 1.82) is 0 Å². The number of unbranched alkanes of at least 4 members (excludes halogenated alkanes) is 2. The third-order valence-corrected chi connectivity index (χ3v) is 8.29. The molecule has 0 atom stereocenters. The Morgan fingerprint density at radius 3 is 1.24 bits per heavy atom. The normalized spacial score (nSPS) is 11.4. The van der Waals surface area contributed by atoms with Gasteiger partial charge in [0.15, 0.2) is 0 Å². The Kier molecular flexibility index (Phi) is 10.9. The van der Waals surface area contributed by atoms with E-state index in [0.29, 0.717) is 19.4 Å². The van der Waals surface area contributed by atoms with Crippen molar-refractivity contribution in [2.75, 3.05) is 34.4 Å². The molecule has 0 aliphatic heterocycles. The van der Waals surface area contributed by atoms with E-state index in [-0.39, 0.29) is 5.75 Å². The molecule has 0 heterocycles. The molecule has 1 N–H and O–H groups in total. The zero-order chi connectivity index (χ0) is 29.2. The quantitative estimate of drug-likeness (QED) is 0.0911. The van der Waals surface area contributed by atoms with E-state index in [1.807, 2.05) is 0 Å². The van der Waals surface area contributed by atoms with Gasteiger partial charge in [-0.05, 0) is 92.8 Å². The monoisotopic (exact) mass is 587 g/mol. The van der Waals surface area contributed by atoms with Crippen molar-refractivity contribution < 1.29 is 13.0 Å². The van der Waals surface area contributed by atoms with Crippen LogP contribution in [0.5, 0.6) is 0 Å². The second kappa shape index (κ2) is 14.6. The molecular weight excluding hydrogens is 549 g/mol. The van der Waals surface area contributed by atoms with Gasteiger partial charge in [-0.3, -0.25) is 4.55 Å². The summed E-state index contributed by atoms with van der Waals surface area (Å²) in [5, 5.41) is 0. The van der Waals surface area contributed by atoms with Gasteiger partial charge in [-0.15, -0.1) is 0 Å². The van der Waals surface area contributed by atoms with Crippen molar-refractivity contribution in [2.45, 2.75) is 39.5 Å². The number of rotatable bonds is 14. The van der Waals surface area contributed by atoms with Gasteiger partial charge in [0, 0.05) is 35.8 Å². The van der Waals surface area contributed by atoms with Crippen LogP contribution in [0.4, 0.5) is 22.7 Å². The minimum Gasteiger partial charge on any atom is -0.793 e. The van der Waals surface area contributed by atoms with Gasteiger partial charge in [-0.1, -0.05) is 66.1 Å². The molecule has 0 aromatic heterocycles. The van der Waals surface area contributed by atoms with Crippen LogP contribution in [0.2, 0.25) is 0 Å². The SMILES string of the molecule is Cc1ccc(N(CCCC[S-])c2ccc(-c3ccc(N(CCCCS(=O)(=O)O)c4ccc(C)cc4)cc3)cc2)cc1. The minimum atomic E-state index is -3.95. The second-order valence-electron chi connectivity index (χ2n) is 10.5. The van der Waals surface area contributed by atoms with Crippen LogP contribution in [0.15, 0.2) is 97.1 Å². The van der Waals surface area contributed by atoms with Gasteiger partial charge in [-0.2, -0.15) is 14.2 Å². The smallest absolute Gasteiger partial charge is 0.264 e. The van der Waals surface area contributed by atoms with E-state index in [9.17, 15) is 8.42 Å². The van der Waals surface area contributed by atoms with Gasteiger partial charge in [0.05, 0.1) is 5.75 Å². The predicted molar refractivity (Wildman–Crippen MR) is 175 cm³/mol. The summed E-state index contributed by atoms with van der Waals surface area (Å²) in [6.07, 6.45) is 3.12. The number of nitrogens with zero attached hydrogens (tertiary/aromatic N) is 2. The van der Waals surface area contributed by atoms with Gasteiger partial charge in [0.1, 0.15) is 0 Å². The molecule has 0 spiro atoms. The van der Waals surface area contributed by atoms with Gasteiger partial charge < -0.3 is 22.4 Å². The third kappa shape index (κ3) is 9.12. The molecule has 0 bridgehead atoms. The van der Waals surface area contributed by atoms with Crippen molar-refractivity contribution in [3.05, 3.63) is 108 Å². The molecule has 0 amide bonds. The Balaban J connectivity index is 1.52. The first kappa shape index (κ1) is 30.7. The molecule has 41 heavy (non-hydrogen) atoms. The zero-order valence-corrected chi connectivity index (χ0v) is 25.5. The predicted octanol–water partition coefficient (Wildman–Crippen LogP) is 8.24. The van der Waals surface area contributed by atoms with Gasteiger partial charge in [0.25, 0.3) is 10.1 Å².